The van der Waals surface area contributed by atoms with Gasteiger partial charge in [-0.2, -0.15) is 0 Å². The van der Waals surface area contributed by atoms with Crippen LogP contribution in [0.3, 0.4) is 0 Å². The molecule has 2 aliphatic rings. The Hall–Kier alpha value is -1.20. The summed E-state index contributed by atoms with van der Waals surface area (Å²) in [6.07, 6.45) is -2.15. The zero-order valence-corrected chi connectivity index (χ0v) is 14.1. The van der Waals surface area contributed by atoms with Gasteiger partial charge in [-0.1, -0.05) is 13.3 Å². The van der Waals surface area contributed by atoms with Gasteiger partial charge in [0.1, 0.15) is 18.0 Å². The highest BCUT2D eigenvalue weighted by atomic mass is 19.2. The van der Waals surface area contributed by atoms with E-state index in [0.717, 1.165) is 12.1 Å². The second kappa shape index (κ2) is 6.84. The molecule has 0 bridgehead atoms. The molecule has 2 fully saturated rings. The highest BCUT2D eigenvalue weighted by Gasteiger charge is 2.60. The highest BCUT2D eigenvalue weighted by molar-refractivity contribution is 5.24. The molecule has 6 unspecified atom stereocenters. The summed E-state index contributed by atoms with van der Waals surface area (Å²) in [4.78, 5) is 0. The Balaban J connectivity index is 1.85. The van der Waals surface area contributed by atoms with Gasteiger partial charge in [0.2, 0.25) is 0 Å². The number of benzene rings is 1. The van der Waals surface area contributed by atoms with Crippen molar-refractivity contribution in [1.29, 1.82) is 0 Å². The first-order valence-corrected chi connectivity index (χ1v) is 8.89. The number of fused-ring (bicyclic) bond motifs is 1. The van der Waals surface area contributed by atoms with Crippen LogP contribution in [0.4, 0.5) is 26.3 Å². The topological polar surface area (TPSA) is 0 Å². The maximum atomic E-state index is 15.3. The van der Waals surface area contributed by atoms with E-state index in [9.17, 15) is 22.0 Å². The minimum atomic E-state index is -2.23. The Labute approximate surface area is 143 Å². The molecule has 0 aromatic heterocycles. The maximum absolute atomic E-state index is 15.3. The summed E-state index contributed by atoms with van der Waals surface area (Å²) in [7, 11) is 0. The first-order valence-electron chi connectivity index (χ1n) is 8.89. The van der Waals surface area contributed by atoms with Crippen molar-refractivity contribution in [2.24, 2.45) is 11.8 Å². The average molecular weight is 364 g/mol. The Morgan fingerprint density at radius 2 is 1.72 bits per heavy atom. The predicted molar refractivity (Wildman–Crippen MR) is 83.0 cm³/mol. The van der Waals surface area contributed by atoms with E-state index in [2.05, 4.69) is 0 Å². The van der Waals surface area contributed by atoms with Crippen LogP contribution in [0.25, 0.3) is 0 Å². The van der Waals surface area contributed by atoms with Crippen LogP contribution >= 0.6 is 0 Å². The number of hydrogen-bond donors (Lipinski definition) is 0. The Morgan fingerprint density at radius 1 is 1.08 bits per heavy atom. The van der Waals surface area contributed by atoms with Crippen LogP contribution in [0.1, 0.15) is 56.9 Å². The average Bonchev–Trinajstić information content (AvgIpc) is 2.73. The van der Waals surface area contributed by atoms with Gasteiger partial charge < -0.3 is 0 Å². The van der Waals surface area contributed by atoms with Crippen molar-refractivity contribution < 1.29 is 26.3 Å². The van der Waals surface area contributed by atoms with Crippen LogP contribution < -0.4 is 0 Å². The van der Waals surface area contributed by atoms with E-state index in [1.807, 2.05) is 6.92 Å². The SMILES string of the molecule is CCCC1CC2C(F)CC(c3cc(F)c(F)c(F)c3)CCC2(F)C1F. The lowest BCUT2D eigenvalue weighted by Crippen LogP contribution is -2.40. The summed E-state index contributed by atoms with van der Waals surface area (Å²) in [5.74, 6) is -6.45. The van der Waals surface area contributed by atoms with Crippen molar-refractivity contribution in [2.45, 2.75) is 69.4 Å². The zero-order valence-electron chi connectivity index (χ0n) is 14.1. The molecule has 6 heteroatoms. The van der Waals surface area contributed by atoms with Crippen LogP contribution in [0, 0.1) is 29.3 Å². The van der Waals surface area contributed by atoms with E-state index < -0.39 is 53.2 Å². The fourth-order valence-corrected chi connectivity index (χ4v) is 4.71. The molecule has 1 aromatic carbocycles. The molecule has 0 heterocycles. The fraction of sp³-hybridized carbons (Fsp3) is 0.684. The van der Waals surface area contributed by atoms with Crippen LogP contribution in [-0.4, -0.2) is 18.0 Å². The van der Waals surface area contributed by atoms with Crippen molar-refractivity contribution in [3.05, 3.63) is 35.1 Å². The molecule has 1 aromatic rings. The van der Waals surface area contributed by atoms with Gasteiger partial charge in [0.05, 0.1) is 0 Å². The van der Waals surface area contributed by atoms with E-state index in [4.69, 9.17) is 0 Å². The van der Waals surface area contributed by atoms with Gasteiger partial charge in [0.25, 0.3) is 0 Å². The first kappa shape index (κ1) is 18.6. The second-order valence-electron chi connectivity index (χ2n) is 7.51. The molecule has 140 valence electrons. The Bertz CT molecular complexity index is 609. The van der Waals surface area contributed by atoms with Crippen molar-refractivity contribution >= 4 is 0 Å². The van der Waals surface area contributed by atoms with Gasteiger partial charge >= 0.3 is 0 Å². The number of rotatable bonds is 3. The summed E-state index contributed by atoms with van der Waals surface area (Å²) in [5.41, 5.74) is -2.13. The van der Waals surface area contributed by atoms with Gasteiger partial charge in [0.15, 0.2) is 17.5 Å². The summed E-state index contributed by atoms with van der Waals surface area (Å²) in [5, 5.41) is 0. The van der Waals surface area contributed by atoms with Crippen molar-refractivity contribution in [3.63, 3.8) is 0 Å². The number of halogens is 6. The van der Waals surface area contributed by atoms with E-state index in [0.29, 0.717) is 12.8 Å². The lowest BCUT2D eigenvalue weighted by atomic mass is 9.86. The van der Waals surface area contributed by atoms with E-state index in [1.54, 1.807) is 0 Å². The molecule has 2 saturated carbocycles. The summed E-state index contributed by atoms with van der Waals surface area (Å²) in [6.45, 7) is 1.88. The third-order valence-electron chi connectivity index (χ3n) is 6.00. The molecule has 6 atom stereocenters. The molecule has 0 amide bonds. The molecule has 0 aliphatic heterocycles. The highest BCUT2D eigenvalue weighted by Crippen LogP contribution is 2.55. The van der Waals surface area contributed by atoms with Crippen molar-refractivity contribution in [2.75, 3.05) is 0 Å². The molecule has 0 N–H and O–H groups in total. The third kappa shape index (κ3) is 3.17. The fourth-order valence-electron chi connectivity index (χ4n) is 4.71. The minimum absolute atomic E-state index is 0.0806. The molecule has 3 rings (SSSR count). The summed E-state index contributed by atoms with van der Waals surface area (Å²) in [6, 6.07) is 1.66. The quantitative estimate of drug-likeness (QED) is 0.443. The Kier molecular flexibility index (Phi) is 5.09. The van der Waals surface area contributed by atoms with Crippen LogP contribution in [0.2, 0.25) is 0 Å². The van der Waals surface area contributed by atoms with E-state index in [1.165, 1.54) is 0 Å². The van der Waals surface area contributed by atoms with Crippen LogP contribution in [0.5, 0.6) is 0 Å². The largest absolute Gasteiger partial charge is 0.247 e. The Morgan fingerprint density at radius 3 is 2.32 bits per heavy atom. The van der Waals surface area contributed by atoms with Crippen LogP contribution in [-0.2, 0) is 0 Å². The maximum Gasteiger partial charge on any atom is 0.194 e. The lowest BCUT2D eigenvalue weighted by Gasteiger charge is -2.29. The zero-order chi connectivity index (χ0) is 18.4. The molecular formula is C19H22F6. The first-order chi connectivity index (χ1) is 11.8. The monoisotopic (exact) mass is 364 g/mol. The van der Waals surface area contributed by atoms with Gasteiger partial charge in [0, 0.05) is 5.92 Å². The van der Waals surface area contributed by atoms with Crippen LogP contribution in [0.15, 0.2) is 12.1 Å². The normalized spacial score (nSPS) is 38.4. The molecule has 0 saturated heterocycles. The van der Waals surface area contributed by atoms with E-state index in [-0.39, 0.29) is 31.2 Å². The smallest absolute Gasteiger partial charge is 0.194 e. The van der Waals surface area contributed by atoms with Crippen molar-refractivity contribution in [3.8, 4) is 0 Å². The predicted octanol–water partition coefficient (Wildman–Crippen LogP) is 6.19. The number of alkyl halides is 3. The van der Waals surface area contributed by atoms with Gasteiger partial charge in [-0.15, -0.1) is 0 Å². The molecule has 0 radical (unpaired) electrons. The molecular weight excluding hydrogens is 342 g/mol. The second-order valence-corrected chi connectivity index (χ2v) is 7.51. The lowest BCUT2D eigenvalue weighted by molar-refractivity contribution is -0.00223. The molecule has 25 heavy (non-hydrogen) atoms. The van der Waals surface area contributed by atoms with E-state index >= 15 is 4.39 Å². The minimum Gasteiger partial charge on any atom is -0.247 e. The molecule has 0 spiro atoms. The van der Waals surface area contributed by atoms with Gasteiger partial charge in [-0.05, 0) is 61.6 Å². The summed E-state index contributed by atoms with van der Waals surface area (Å²) < 4.78 is 84.8. The van der Waals surface area contributed by atoms with Crippen molar-refractivity contribution in [1.82, 2.24) is 0 Å². The molecule has 0 nitrogen and oxygen atoms in total. The third-order valence-corrected chi connectivity index (χ3v) is 6.00. The van der Waals surface area contributed by atoms with Gasteiger partial charge in [-0.25, -0.2) is 26.3 Å². The number of hydrogen-bond acceptors (Lipinski definition) is 0. The molecule has 2 aliphatic carbocycles. The van der Waals surface area contributed by atoms with Gasteiger partial charge in [-0.3, -0.25) is 0 Å². The summed E-state index contributed by atoms with van der Waals surface area (Å²) >= 11 is 0. The standard InChI is InChI=1S/C19H22F6/c1-2-3-11-6-13-14(20)7-10(4-5-19(13,25)18(11)24)12-8-15(21)17(23)16(22)9-12/h8-11,13-14,18H,2-7H2,1H3.